The summed E-state index contributed by atoms with van der Waals surface area (Å²) in [6, 6.07) is 0. The van der Waals surface area contributed by atoms with E-state index < -0.39 is 0 Å². The number of H-pyrrole nitrogens is 1. The highest BCUT2D eigenvalue weighted by Gasteiger charge is 2.21. The number of rotatable bonds is 6. The van der Waals surface area contributed by atoms with Gasteiger partial charge in [0.2, 0.25) is 5.95 Å². The number of aromatic nitrogens is 3. The number of aromatic amines is 1. The molecule has 0 saturated carbocycles. The van der Waals surface area contributed by atoms with E-state index >= 15 is 0 Å². The summed E-state index contributed by atoms with van der Waals surface area (Å²) in [6.45, 7) is 6.08. The van der Waals surface area contributed by atoms with Gasteiger partial charge < -0.3 is 15.4 Å². The zero-order valence-corrected chi connectivity index (χ0v) is 11.1. The van der Waals surface area contributed by atoms with Crippen molar-refractivity contribution < 1.29 is 4.74 Å². The molecule has 102 valence electrons. The number of anilines is 1. The van der Waals surface area contributed by atoms with Crippen LogP contribution < -0.4 is 10.6 Å². The number of nitrogens with one attached hydrogen (secondary N) is 1. The molecular weight excluding hydrogens is 230 g/mol. The van der Waals surface area contributed by atoms with Crippen LogP contribution in [0, 0.1) is 5.92 Å². The number of hydrogen-bond donors (Lipinski definition) is 2. The van der Waals surface area contributed by atoms with Crippen LogP contribution in [-0.2, 0) is 11.3 Å². The van der Waals surface area contributed by atoms with Crippen molar-refractivity contribution in [2.24, 2.45) is 11.7 Å². The monoisotopic (exact) mass is 253 g/mol. The Kier molecular flexibility index (Phi) is 4.95. The van der Waals surface area contributed by atoms with E-state index in [1.165, 1.54) is 6.42 Å². The van der Waals surface area contributed by atoms with Crippen molar-refractivity contribution in [1.82, 2.24) is 15.2 Å². The molecule has 0 aromatic carbocycles. The lowest BCUT2D eigenvalue weighted by Gasteiger charge is -2.31. The zero-order chi connectivity index (χ0) is 12.8. The molecule has 1 aliphatic rings. The van der Waals surface area contributed by atoms with Gasteiger partial charge in [0.15, 0.2) is 5.82 Å². The Bertz CT molecular complexity index is 354. The predicted molar refractivity (Wildman–Crippen MR) is 70.3 cm³/mol. The molecule has 0 radical (unpaired) electrons. The van der Waals surface area contributed by atoms with Crippen LogP contribution >= 0.6 is 0 Å². The van der Waals surface area contributed by atoms with Gasteiger partial charge in [0.1, 0.15) is 6.61 Å². The molecule has 2 rings (SSSR count). The van der Waals surface area contributed by atoms with Gasteiger partial charge in [-0.15, -0.1) is 5.10 Å². The van der Waals surface area contributed by atoms with E-state index in [9.17, 15) is 0 Å². The Hall–Kier alpha value is -1.14. The van der Waals surface area contributed by atoms with E-state index in [2.05, 4.69) is 27.0 Å². The fraction of sp³-hybridized carbons (Fsp3) is 0.833. The molecule has 6 nitrogen and oxygen atoms in total. The van der Waals surface area contributed by atoms with Crippen molar-refractivity contribution >= 4 is 5.95 Å². The standard InChI is InChI=1S/C12H23N5O/c1-2-6-18-9-11-14-12(16-15-11)17-5-3-4-10(7-13)8-17/h10H,2-9,13H2,1H3,(H,14,15,16). The van der Waals surface area contributed by atoms with Gasteiger partial charge in [-0.25, -0.2) is 0 Å². The molecule has 1 unspecified atom stereocenters. The summed E-state index contributed by atoms with van der Waals surface area (Å²) < 4.78 is 5.44. The largest absolute Gasteiger partial charge is 0.373 e. The molecule has 18 heavy (non-hydrogen) atoms. The topological polar surface area (TPSA) is 80.1 Å². The molecule has 0 spiro atoms. The third kappa shape index (κ3) is 3.43. The molecule has 1 atom stereocenters. The first-order valence-electron chi connectivity index (χ1n) is 6.77. The van der Waals surface area contributed by atoms with E-state index in [0.29, 0.717) is 12.5 Å². The summed E-state index contributed by atoms with van der Waals surface area (Å²) >= 11 is 0. The third-order valence-corrected chi connectivity index (χ3v) is 3.24. The van der Waals surface area contributed by atoms with Gasteiger partial charge in [0, 0.05) is 19.7 Å². The third-order valence-electron chi connectivity index (χ3n) is 3.24. The van der Waals surface area contributed by atoms with Gasteiger partial charge in [0.05, 0.1) is 0 Å². The normalized spacial score (nSPS) is 20.3. The number of piperidine rings is 1. The lowest BCUT2D eigenvalue weighted by molar-refractivity contribution is 0.116. The quantitative estimate of drug-likeness (QED) is 0.736. The Morgan fingerprint density at radius 2 is 2.44 bits per heavy atom. The second kappa shape index (κ2) is 6.70. The highest BCUT2D eigenvalue weighted by atomic mass is 16.5. The van der Waals surface area contributed by atoms with Crippen LogP contribution in [-0.4, -0.2) is 41.4 Å². The number of nitrogens with zero attached hydrogens (tertiary/aromatic N) is 3. The average Bonchev–Trinajstić information content (AvgIpc) is 2.88. The smallest absolute Gasteiger partial charge is 0.244 e. The molecule has 1 fully saturated rings. The average molecular weight is 253 g/mol. The second-order valence-corrected chi connectivity index (χ2v) is 4.82. The van der Waals surface area contributed by atoms with Gasteiger partial charge in [-0.1, -0.05) is 6.92 Å². The first-order valence-corrected chi connectivity index (χ1v) is 6.77. The summed E-state index contributed by atoms with van der Waals surface area (Å²) in [5.74, 6) is 2.15. The van der Waals surface area contributed by atoms with Crippen LogP contribution in [0.3, 0.4) is 0 Å². The Labute approximate surface area is 108 Å². The molecule has 1 aromatic heterocycles. The highest BCUT2D eigenvalue weighted by Crippen LogP contribution is 2.19. The highest BCUT2D eigenvalue weighted by molar-refractivity contribution is 5.29. The molecule has 0 aliphatic carbocycles. The number of hydrogen-bond acceptors (Lipinski definition) is 5. The van der Waals surface area contributed by atoms with Crippen molar-refractivity contribution in [2.45, 2.75) is 32.8 Å². The molecule has 1 aliphatic heterocycles. The van der Waals surface area contributed by atoms with Gasteiger partial charge in [0.25, 0.3) is 0 Å². The minimum absolute atomic E-state index is 0.509. The first kappa shape index (κ1) is 13.3. The van der Waals surface area contributed by atoms with E-state index in [0.717, 1.165) is 50.9 Å². The van der Waals surface area contributed by atoms with E-state index in [1.807, 2.05) is 0 Å². The van der Waals surface area contributed by atoms with Crippen molar-refractivity contribution in [3.8, 4) is 0 Å². The van der Waals surface area contributed by atoms with Crippen LogP contribution in [0.1, 0.15) is 32.0 Å². The van der Waals surface area contributed by atoms with Crippen LogP contribution in [0.25, 0.3) is 0 Å². The Balaban J connectivity index is 1.88. The molecule has 2 heterocycles. The fourth-order valence-corrected chi connectivity index (χ4v) is 2.24. The number of nitrogens with two attached hydrogens (primary N) is 1. The van der Waals surface area contributed by atoms with Gasteiger partial charge in [-0.3, -0.25) is 5.10 Å². The molecule has 0 amide bonds. The summed E-state index contributed by atoms with van der Waals surface area (Å²) in [5.41, 5.74) is 5.73. The van der Waals surface area contributed by atoms with Crippen molar-refractivity contribution in [1.29, 1.82) is 0 Å². The predicted octanol–water partition coefficient (Wildman–Crippen LogP) is 0.906. The minimum Gasteiger partial charge on any atom is -0.373 e. The van der Waals surface area contributed by atoms with Crippen molar-refractivity contribution in [3.63, 3.8) is 0 Å². The molecule has 3 N–H and O–H groups in total. The maximum atomic E-state index is 5.73. The molecule has 6 heteroatoms. The second-order valence-electron chi connectivity index (χ2n) is 4.82. The van der Waals surface area contributed by atoms with Crippen LogP contribution in [0.15, 0.2) is 0 Å². The molecular formula is C12H23N5O. The summed E-state index contributed by atoms with van der Waals surface area (Å²) in [6.07, 6.45) is 3.40. The Morgan fingerprint density at radius 3 is 3.22 bits per heavy atom. The van der Waals surface area contributed by atoms with Crippen molar-refractivity contribution in [2.75, 3.05) is 31.1 Å². The maximum Gasteiger partial charge on any atom is 0.244 e. The van der Waals surface area contributed by atoms with Gasteiger partial charge in [-0.2, -0.15) is 4.98 Å². The Morgan fingerprint density at radius 1 is 1.56 bits per heavy atom. The molecule has 1 aromatic rings. The summed E-state index contributed by atoms with van der Waals surface area (Å²) in [5, 5.41) is 7.19. The summed E-state index contributed by atoms with van der Waals surface area (Å²) in [7, 11) is 0. The van der Waals surface area contributed by atoms with Crippen LogP contribution in [0.5, 0.6) is 0 Å². The minimum atomic E-state index is 0.509. The molecule has 1 saturated heterocycles. The van der Waals surface area contributed by atoms with Crippen LogP contribution in [0.4, 0.5) is 5.95 Å². The lowest BCUT2D eigenvalue weighted by Crippen LogP contribution is -2.39. The van der Waals surface area contributed by atoms with Crippen molar-refractivity contribution in [3.05, 3.63) is 5.82 Å². The van der Waals surface area contributed by atoms with Crippen LogP contribution in [0.2, 0.25) is 0 Å². The first-order chi connectivity index (χ1) is 8.83. The van der Waals surface area contributed by atoms with E-state index in [-0.39, 0.29) is 0 Å². The van der Waals surface area contributed by atoms with E-state index in [1.54, 1.807) is 0 Å². The molecule has 0 bridgehead atoms. The van der Waals surface area contributed by atoms with Gasteiger partial charge >= 0.3 is 0 Å². The summed E-state index contributed by atoms with van der Waals surface area (Å²) in [4.78, 5) is 6.68. The zero-order valence-electron chi connectivity index (χ0n) is 11.1. The number of ether oxygens (including phenoxy) is 1. The van der Waals surface area contributed by atoms with Gasteiger partial charge in [-0.05, 0) is 31.7 Å². The maximum absolute atomic E-state index is 5.73. The SMILES string of the molecule is CCCOCc1nc(N2CCCC(CN)C2)n[nH]1. The fourth-order valence-electron chi connectivity index (χ4n) is 2.24. The van der Waals surface area contributed by atoms with E-state index in [4.69, 9.17) is 10.5 Å². The lowest BCUT2D eigenvalue weighted by atomic mass is 9.99.